The Labute approximate surface area is 137 Å². The third-order valence-corrected chi connectivity index (χ3v) is 3.85. The van der Waals surface area contributed by atoms with Gasteiger partial charge >= 0.3 is 0 Å². The highest BCUT2D eigenvalue weighted by Crippen LogP contribution is 2.34. The van der Waals surface area contributed by atoms with Crippen molar-refractivity contribution in [2.75, 3.05) is 32.8 Å². The summed E-state index contributed by atoms with van der Waals surface area (Å²) in [6.07, 6.45) is 1.04. The summed E-state index contributed by atoms with van der Waals surface area (Å²) in [7, 11) is 0. The van der Waals surface area contributed by atoms with Crippen LogP contribution in [-0.2, 0) is 6.54 Å². The Morgan fingerprint density at radius 1 is 1.10 bits per heavy atom. The molecule has 3 N–H and O–H groups in total. The maximum absolute atomic E-state index is 8.63. The minimum Gasteiger partial charge on any atom is -0.492 e. The van der Waals surface area contributed by atoms with E-state index in [1.807, 2.05) is 6.92 Å². The molecule has 0 aliphatic rings. The van der Waals surface area contributed by atoms with E-state index in [1.54, 1.807) is 0 Å². The molecule has 1 rings (SSSR count). The van der Waals surface area contributed by atoms with E-state index >= 15 is 0 Å². The summed E-state index contributed by atoms with van der Waals surface area (Å²) >= 11 is 7.07. The van der Waals surface area contributed by atoms with Crippen LogP contribution >= 0.6 is 31.9 Å². The molecule has 1 aromatic carbocycles. The molecule has 0 bridgehead atoms. The van der Waals surface area contributed by atoms with Crippen LogP contribution < -0.4 is 15.4 Å². The van der Waals surface area contributed by atoms with Crippen LogP contribution in [0.2, 0.25) is 0 Å². The van der Waals surface area contributed by atoms with E-state index in [2.05, 4.69) is 54.6 Å². The molecule has 4 nitrogen and oxygen atoms in total. The molecule has 114 valence electrons. The maximum atomic E-state index is 8.63. The van der Waals surface area contributed by atoms with Gasteiger partial charge in [0.1, 0.15) is 5.75 Å². The van der Waals surface area contributed by atoms with Gasteiger partial charge in [-0.2, -0.15) is 0 Å². The number of benzene rings is 1. The van der Waals surface area contributed by atoms with Gasteiger partial charge in [-0.1, -0.05) is 0 Å². The number of aliphatic hydroxyl groups is 1. The highest BCUT2D eigenvalue weighted by Gasteiger charge is 2.08. The Bertz CT molecular complexity index is 380. The number of ether oxygens (including phenoxy) is 1. The molecule has 0 heterocycles. The van der Waals surface area contributed by atoms with E-state index in [4.69, 9.17) is 9.84 Å². The second kappa shape index (κ2) is 10.6. The molecule has 0 spiro atoms. The number of hydrogen-bond donors (Lipinski definition) is 3. The van der Waals surface area contributed by atoms with Crippen LogP contribution in [-0.4, -0.2) is 38.0 Å². The zero-order chi connectivity index (χ0) is 14.8. The van der Waals surface area contributed by atoms with Crippen LogP contribution in [0, 0.1) is 0 Å². The molecule has 0 radical (unpaired) electrons. The van der Waals surface area contributed by atoms with Crippen molar-refractivity contribution in [2.24, 2.45) is 0 Å². The zero-order valence-electron chi connectivity index (χ0n) is 11.7. The van der Waals surface area contributed by atoms with E-state index in [1.165, 1.54) is 5.56 Å². The Balaban J connectivity index is 2.34. The lowest BCUT2D eigenvalue weighted by atomic mass is 10.2. The Morgan fingerprint density at radius 2 is 1.75 bits per heavy atom. The lowest BCUT2D eigenvalue weighted by Gasteiger charge is -2.11. The molecule has 0 fully saturated rings. The topological polar surface area (TPSA) is 53.5 Å². The van der Waals surface area contributed by atoms with E-state index in [-0.39, 0.29) is 6.61 Å². The van der Waals surface area contributed by atoms with Gasteiger partial charge in [-0.3, -0.25) is 0 Å². The highest BCUT2D eigenvalue weighted by molar-refractivity contribution is 9.11. The molecule has 0 amide bonds. The van der Waals surface area contributed by atoms with Gasteiger partial charge in [0.25, 0.3) is 0 Å². The predicted molar refractivity (Wildman–Crippen MR) is 89.3 cm³/mol. The first-order valence-corrected chi connectivity index (χ1v) is 8.40. The second-order valence-corrected chi connectivity index (χ2v) is 6.03. The van der Waals surface area contributed by atoms with Gasteiger partial charge in [0.05, 0.1) is 22.2 Å². The molecule has 0 saturated carbocycles. The van der Waals surface area contributed by atoms with Crippen LogP contribution in [0.1, 0.15) is 18.9 Å². The molecule has 1 aromatic rings. The minimum atomic E-state index is 0.196. The first-order valence-electron chi connectivity index (χ1n) is 6.82. The number of aliphatic hydroxyl groups excluding tert-OH is 1. The fourth-order valence-corrected chi connectivity index (χ4v) is 3.28. The van der Waals surface area contributed by atoms with Gasteiger partial charge in [0, 0.05) is 13.1 Å². The van der Waals surface area contributed by atoms with Crippen molar-refractivity contribution in [2.45, 2.75) is 19.9 Å². The van der Waals surface area contributed by atoms with Crippen LogP contribution in [0.15, 0.2) is 21.1 Å². The lowest BCUT2D eigenvalue weighted by molar-refractivity contribution is 0.292. The summed E-state index contributed by atoms with van der Waals surface area (Å²) in [5.41, 5.74) is 1.20. The van der Waals surface area contributed by atoms with Crippen molar-refractivity contribution in [3.8, 4) is 5.75 Å². The van der Waals surface area contributed by atoms with Crippen molar-refractivity contribution in [1.82, 2.24) is 10.6 Å². The molecular formula is C14H22Br2N2O2. The van der Waals surface area contributed by atoms with Crippen molar-refractivity contribution in [3.05, 3.63) is 26.6 Å². The van der Waals surface area contributed by atoms with Gasteiger partial charge in [0.15, 0.2) is 0 Å². The zero-order valence-corrected chi connectivity index (χ0v) is 14.9. The summed E-state index contributed by atoms with van der Waals surface area (Å²) in [4.78, 5) is 0. The summed E-state index contributed by atoms with van der Waals surface area (Å²) in [5.74, 6) is 0.851. The predicted octanol–water partition coefficient (Wildman–Crippen LogP) is 2.67. The van der Waals surface area contributed by atoms with Crippen molar-refractivity contribution in [3.63, 3.8) is 0 Å². The third-order valence-electron chi connectivity index (χ3n) is 2.67. The number of hydrogen-bond acceptors (Lipinski definition) is 4. The molecule has 0 aliphatic carbocycles. The normalized spacial score (nSPS) is 10.8. The molecule has 6 heteroatoms. The Hall–Kier alpha value is -0.140. The van der Waals surface area contributed by atoms with Crippen molar-refractivity contribution in [1.29, 1.82) is 0 Å². The quantitative estimate of drug-likeness (QED) is 0.520. The SMILES string of the molecule is CCOc1c(Br)cc(CNCCCNCCO)cc1Br. The minimum absolute atomic E-state index is 0.196. The third kappa shape index (κ3) is 6.54. The fraction of sp³-hybridized carbons (Fsp3) is 0.571. The highest BCUT2D eigenvalue weighted by atomic mass is 79.9. The summed E-state index contributed by atoms with van der Waals surface area (Å²) in [6.45, 7) is 6.17. The Kier molecular flexibility index (Phi) is 9.46. The van der Waals surface area contributed by atoms with Crippen LogP contribution in [0.4, 0.5) is 0 Å². The van der Waals surface area contributed by atoms with Crippen molar-refractivity contribution >= 4 is 31.9 Å². The summed E-state index contributed by atoms with van der Waals surface area (Å²) in [6, 6.07) is 4.15. The molecule has 0 unspecified atom stereocenters. The van der Waals surface area contributed by atoms with Gasteiger partial charge in [-0.15, -0.1) is 0 Å². The number of nitrogens with one attached hydrogen (secondary N) is 2. The Morgan fingerprint density at radius 3 is 2.35 bits per heavy atom. The monoisotopic (exact) mass is 408 g/mol. The number of halogens is 2. The lowest BCUT2D eigenvalue weighted by Crippen LogP contribution is -2.23. The standard InChI is InChI=1S/C14H22Br2N2O2/c1-2-20-14-12(15)8-11(9-13(14)16)10-18-5-3-4-17-6-7-19/h8-9,17-19H,2-7,10H2,1H3. The van der Waals surface area contributed by atoms with Crippen molar-refractivity contribution < 1.29 is 9.84 Å². The molecule has 20 heavy (non-hydrogen) atoms. The van der Waals surface area contributed by atoms with Gasteiger partial charge in [-0.25, -0.2) is 0 Å². The van der Waals surface area contributed by atoms with Crippen LogP contribution in [0.3, 0.4) is 0 Å². The van der Waals surface area contributed by atoms with E-state index in [0.717, 1.165) is 40.8 Å². The summed E-state index contributed by atoms with van der Waals surface area (Å²) < 4.78 is 7.50. The smallest absolute Gasteiger partial charge is 0.147 e. The van der Waals surface area contributed by atoms with Crippen LogP contribution in [0.5, 0.6) is 5.75 Å². The van der Waals surface area contributed by atoms with Gasteiger partial charge in [-0.05, 0) is 76.0 Å². The van der Waals surface area contributed by atoms with Crippen LogP contribution in [0.25, 0.3) is 0 Å². The largest absolute Gasteiger partial charge is 0.492 e. The summed E-state index contributed by atoms with van der Waals surface area (Å²) in [5, 5.41) is 15.2. The number of rotatable bonds is 10. The molecule has 0 aliphatic heterocycles. The van der Waals surface area contributed by atoms with E-state index < -0.39 is 0 Å². The first kappa shape index (κ1) is 17.9. The second-order valence-electron chi connectivity index (χ2n) is 4.33. The maximum Gasteiger partial charge on any atom is 0.147 e. The molecule has 0 saturated heterocycles. The average Bonchev–Trinajstić information content (AvgIpc) is 2.42. The fourth-order valence-electron chi connectivity index (χ4n) is 1.77. The molecule has 0 aromatic heterocycles. The average molecular weight is 410 g/mol. The van der Waals surface area contributed by atoms with Gasteiger partial charge < -0.3 is 20.5 Å². The molecule has 0 atom stereocenters. The first-order chi connectivity index (χ1) is 9.69. The van der Waals surface area contributed by atoms with E-state index in [0.29, 0.717) is 13.2 Å². The van der Waals surface area contributed by atoms with Gasteiger partial charge in [0.2, 0.25) is 0 Å². The van der Waals surface area contributed by atoms with E-state index in [9.17, 15) is 0 Å². The molecular weight excluding hydrogens is 388 g/mol.